The minimum atomic E-state index is -3.41. The van der Waals surface area contributed by atoms with Crippen molar-refractivity contribution in [3.05, 3.63) is 45.4 Å². The van der Waals surface area contributed by atoms with Gasteiger partial charge >= 0.3 is 11.6 Å². The molecule has 1 saturated heterocycles. The van der Waals surface area contributed by atoms with E-state index in [0.29, 0.717) is 15.3 Å². The van der Waals surface area contributed by atoms with Crippen molar-refractivity contribution in [1.82, 2.24) is 24.2 Å². The predicted octanol–water partition coefficient (Wildman–Crippen LogP) is 2.44. The molecule has 2 aromatic rings. The number of hydrogen-bond acceptors (Lipinski definition) is 4. The van der Waals surface area contributed by atoms with Gasteiger partial charge in [-0.25, -0.2) is 18.3 Å². The Labute approximate surface area is 166 Å². The largest absolute Gasteiger partial charge is 0.347 e. The SMILES string of the molecule is O=C(C1CCC(F)(F)c2nn(Cc3ccc(Cl)cn3)c(=O)n21)N1CCC(F)(F)C1. The molecular formula is C17H16ClF4N5O2. The van der Waals surface area contributed by atoms with Crippen molar-refractivity contribution in [3.63, 3.8) is 0 Å². The Hall–Kier alpha value is -2.43. The monoisotopic (exact) mass is 433 g/mol. The highest BCUT2D eigenvalue weighted by Gasteiger charge is 2.49. The van der Waals surface area contributed by atoms with Gasteiger partial charge in [-0.05, 0) is 18.6 Å². The lowest BCUT2D eigenvalue weighted by Crippen LogP contribution is -2.44. The lowest BCUT2D eigenvalue weighted by molar-refractivity contribution is -0.138. The molecule has 1 unspecified atom stereocenters. The van der Waals surface area contributed by atoms with Gasteiger partial charge < -0.3 is 4.90 Å². The summed E-state index contributed by atoms with van der Waals surface area (Å²) in [5.74, 6) is -8.05. The number of rotatable bonds is 3. The molecule has 0 saturated carbocycles. The van der Waals surface area contributed by atoms with Crippen LogP contribution in [-0.2, 0) is 17.3 Å². The lowest BCUT2D eigenvalue weighted by atomic mass is 10.0. The van der Waals surface area contributed by atoms with Gasteiger partial charge in [-0.15, -0.1) is 5.10 Å². The number of hydrogen-bond donors (Lipinski definition) is 0. The van der Waals surface area contributed by atoms with Crippen molar-refractivity contribution in [1.29, 1.82) is 0 Å². The smallest absolute Gasteiger partial charge is 0.335 e. The summed E-state index contributed by atoms with van der Waals surface area (Å²) < 4.78 is 57.2. The van der Waals surface area contributed by atoms with E-state index in [4.69, 9.17) is 11.6 Å². The van der Waals surface area contributed by atoms with E-state index in [9.17, 15) is 27.2 Å². The first-order valence-electron chi connectivity index (χ1n) is 8.92. The standard InChI is InChI=1S/C17H16ClF4N5O2/c18-10-1-2-11(23-7-10)8-26-15(29)27-12(3-4-17(21,22)14(27)24-26)13(28)25-6-5-16(19,20)9-25/h1-2,7,12H,3-6,8-9H2. The van der Waals surface area contributed by atoms with Gasteiger partial charge in [0.2, 0.25) is 11.7 Å². The van der Waals surface area contributed by atoms with E-state index >= 15 is 0 Å². The second kappa shape index (κ2) is 6.82. The molecule has 0 bridgehead atoms. The third-order valence-electron chi connectivity index (χ3n) is 5.11. The number of carbonyl (C=O) groups excluding carboxylic acids is 1. The summed E-state index contributed by atoms with van der Waals surface area (Å²) >= 11 is 5.76. The minimum Gasteiger partial charge on any atom is -0.335 e. The number of likely N-dealkylation sites (tertiary alicyclic amines) is 1. The average Bonchev–Trinajstić information content (AvgIpc) is 3.18. The van der Waals surface area contributed by atoms with Crippen molar-refractivity contribution >= 4 is 17.5 Å². The maximum absolute atomic E-state index is 14.4. The Balaban J connectivity index is 1.69. The molecule has 0 spiro atoms. The number of nitrogens with zero attached hydrogens (tertiary/aromatic N) is 5. The fourth-order valence-electron chi connectivity index (χ4n) is 3.63. The van der Waals surface area contributed by atoms with Crippen molar-refractivity contribution in [2.24, 2.45) is 0 Å². The van der Waals surface area contributed by atoms with Gasteiger partial charge in [0.05, 0.1) is 23.8 Å². The van der Waals surface area contributed by atoms with Crippen LogP contribution in [0.1, 0.15) is 36.8 Å². The molecular weight excluding hydrogens is 418 g/mol. The predicted molar refractivity (Wildman–Crippen MR) is 93.1 cm³/mol. The quantitative estimate of drug-likeness (QED) is 0.697. The zero-order chi connectivity index (χ0) is 21.0. The summed E-state index contributed by atoms with van der Waals surface area (Å²) in [6.07, 6.45) is -0.202. The Kier molecular flexibility index (Phi) is 4.67. The van der Waals surface area contributed by atoms with Gasteiger partial charge in [0.25, 0.3) is 5.92 Å². The van der Waals surface area contributed by atoms with Crippen molar-refractivity contribution < 1.29 is 22.4 Å². The molecule has 7 nitrogen and oxygen atoms in total. The van der Waals surface area contributed by atoms with E-state index in [0.717, 1.165) is 9.58 Å². The van der Waals surface area contributed by atoms with Crippen LogP contribution in [0.3, 0.4) is 0 Å². The summed E-state index contributed by atoms with van der Waals surface area (Å²) in [6.45, 7) is -1.17. The van der Waals surface area contributed by atoms with Crippen LogP contribution in [0.4, 0.5) is 17.6 Å². The molecule has 2 aliphatic rings. The first kappa shape index (κ1) is 19.9. The zero-order valence-electron chi connectivity index (χ0n) is 15.0. The van der Waals surface area contributed by atoms with Crippen LogP contribution < -0.4 is 5.69 Å². The molecule has 2 aromatic heterocycles. The maximum Gasteiger partial charge on any atom is 0.347 e. The topological polar surface area (TPSA) is 73.0 Å². The molecule has 4 heterocycles. The van der Waals surface area contributed by atoms with Crippen LogP contribution in [0.25, 0.3) is 0 Å². The van der Waals surface area contributed by atoms with Gasteiger partial charge in [0.1, 0.15) is 6.04 Å². The number of halogens is 5. The van der Waals surface area contributed by atoms with Crippen LogP contribution in [0.5, 0.6) is 0 Å². The van der Waals surface area contributed by atoms with E-state index in [1.165, 1.54) is 18.3 Å². The van der Waals surface area contributed by atoms with Gasteiger partial charge in [-0.1, -0.05) is 11.6 Å². The Bertz CT molecular complexity index is 1000. The number of pyridine rings is 1. The Morgan fingerprint density at radius 2 is 2.00 bits per heavy atom. The maximum atomic E-state index is 14.4. The second-order valence-electron chi connectivity index (χ2n) is 7.23. The lowest BCUT2D eigenvalue weighted by Gasteiger charge is -2.30. The summed E-state index contributed by atoms with van der Waals surface area (Å²) in [5, 5.41) is 4.10. The molecule has 1 amide bonds. The number of amides is 1. The van der Waals surface area contributed by atoms with Crippen LogP contribution in [0.15, 0.2) is 23.1 Å². The first-order chi connectivity index (χ1) is 13.6. The molecule has 156 valence electrons. The molecule has 0 aromatic carbocycles. The first-order valence-corrected chi connectivity index (χ1v) is 9.30. The van der Waals surface area contributed by atoms with Crippen molar-refractivity contribution in [3.8, 4) is 0 Å². The van der Waals surface area contributed by atoms with Gasteiger partial charge in [0.15, 0.2) is 0 Å². The highest BCUT2D eigenvalue weighted by Crippen LogP contribution is 2.40. The molecule has 0 aliphatic carbocycles. The van der Waals surface area contributed by atoms with Gasteiger partial charge in [0, 0.05) is 25.6 Å². The summed E-state index contributed by atoms with van der Waals surface area (Å²) in [5.41, 5.74) is -0.558. The third-order valence-corrected chi connectivity index (χ3v) is 5.33. The van der Waals surface area contributed by atoms with Gasteiger partial charge in [-0.3, -0.25) is 14.3 Å². The average molecular weight is 434 g/mol. The molecule has 1 atom stereocenters. The van der Waals surface area contributed by atoms with E-state index < -0.39 is 54.7 Å². The minimum absolute atomic E-state index is 0.189. The zero-order valence-corrected chi connectivity index (χ0v) is 15.8. The number of fused-ring (bicyclic) bond motifs is 1. The summed E-state index contributed by atoms with van der Waals surface area (Å²) in [7, 11) is 0. The van der Waals surface area contributed by atoms with Crippen molar-refractivity contribution in [2.75, 3.05) is 13.1 Å². The molecule has 1 fully saturated rings. The summed E-state index contributed by atoms with van der Waals surface area (Å²) in [6, 6.07) is 1.75. The second-order valence-corrected chi connectivity index (χ2v) is 7.66. The van der Waals surface area contributed by atoms with Gasteiger partial charge in [-0.2, -0.15) is 8.78 Å². The normalized spacial score (nSPS) is 22.5. The molecule has 0 N–H and O–H groups in total. The molecule has 12 heteroatoms. The Morgan fingerprint density at radius 3 is 2.62 bits per heavy atom. The van der Waals surface area contributed by atoms with E-state index in [1.54, 1.807) is 0 Å². The highest BCUT2D eigenvalue weighted by molar-refractivity contribution is 6.30. The fourth-order valence-corrected chi connectivity index (χ4v) is 3.75. The van der Waals surface area contributed by atoms with E-state index in [-0.39, 0.29) is 19.5 Å². The van der Waals surface area contributed by atoms with E-state index in [2.05, 4.69) is 10.1 Å². The fraction of sp³-hybridized carbons (Fsp3) is 0.529. The molecule has 4 rings (SSSR count). The third kappa shape index (κ3) is 3.63. The van der Waals surface area contributed by atoms with Crippen LogP contribution >= 0.6 is 11.6 Å². The molecule has 2 aliphatic heterocycles. The van der Waals surface area contributed by atoms with Crippen LogP contribution in [0.2, 0.25) is 5.02 Å². The summed E-state index contributed by atoms with van der Waals surface area (Å²) in [4.78, 5) is 30.5. The number of aromatic nitrogens is 4. The molecule has 0 radical (unpaired) electrons. The Morgan fingerprint density at radius 1 is 1.24 bits per heavy atom. The number of alkyl halides is 4. The van der Waals surface area contributed by atoms with Crippen LogP contribution in [-0.4, -0.2) is 49.2 Å². The molecule has 29 heavy (non-hydrogen) atoms. The number of carbonyl (C=O) groups is 1. The van der Waals surface area contributed by atoms with Crippen LogP contribution in [0, 0.1) is 0 Å². The van der Waals surface area contributed by atoms with Crippen molar-refractivity contribution in [2.45, 2.75) is 43.7 Å². The highest BCUT2D eigenvalue weighted by atomic mass is 35.5. The van der Waals surface area contributed by atoms with E-state index in [1.807, 2.05) is 0 Å².